The summed E-state index contributed by atoms with van der Waals surface area (Å²) in [6.45, 7) is 11.5. The van der Waals surface area contributed by atoms with Crippen LogP contribution in [0, 0.1) is 0 Å². The number of amides is 1. The molecule has 1 fully saturated rings. The molecule has 0 unspecified atom stereocenters. The number of halogens is 1. The van der Waals surface area contributed by atoms with E-state index in [2.05, 4.69) is 25.5 Å². The number of ether oxygens (including phenoxy) is 1. The number of sulfone groups is 1. The van der Waals surface area contributed by atoms with Crippen LogP contribution in [0.3, 0.4) is 0 Å². The van der Waals surface area contributed by atoms with Crippen molar-refractivity contribution in [3.63, 3.8) is 0 Å². The van der Waals surface area contributed by atoms with Crippen molar-refractivity contribution >= 4 is 56.4 Å². The lowest BCUT2D eigenvalue weighted by Gasteiger charge is -2.36. The van der Waals surface area contributed by atoms with E-state index in [9.17, 15) is 13.2 Å². The Balaban J connectivity index is 1.42. The van der Waals surface area contributed by atoms with E-state index < -0.39 is 20.7 Å². The largest absolute Gasteiger partial charge is 0.444 e. The molecule has 1 aliphatic heterocycles. The second-order valence-electron chi connectivity index (χ2n) is 10.7. The molecule has 1 aliphatic rings. The van der Waals surface area contributed by atoms with E-state index >= 15 is 0 Å². The van der Waals surface area contributed by atoms with Crippen LogP contribution in [0.4, 0.5) is 33.6 Å². The van der Waals surface area contributed by atoms with E-state index in [0.29, 0.717) is 37.8 Å². The van der Waals surface area contributed by atoms with Crippen molar-refractivity contribution in [1.29, 1.82) is 0 Å². The minimum Gasteiger partial charge on any atom is -0.444 e. The molecule has 0 aliphatic carbocycles. The number of aromatic nitrogens is 2. The van der Waals surface area contributed by atoms with Gasteiger partial charge >= 0.3 is 6.09 Å². The summed E-state index contributed by atoms with van der Waals surface area (Å²) < 4.78 is 31.1. The van der Waals surface area contributed by atoms with Crippen LogP contribution in [0.2, 0.25) is 5.02 Å². The fourth-order valence-electron chi connectivity index (χ4n) is 4.07. The number of piperazine rings is 1. The third kappa shape index (κ3) is 7.14. The van der Waals surface area contributed by atoms with Crippen molar-refractivity contribution in [3.05, 3.63) is 59.8 Å². The highest BCUT2D eigenvalue weighted by atomic mass is 35.5. The second-order valence-corrected chi connectivity index (χ2v) is 13.6. The van der Waals surface area contributed by atoms with Crippen molar-refractivity contribution in [2.75, 3.05) is 41.7 Å². The number of hydrogen-bond acceptors (Lipinski definition) is 9. The van der Waals surface area contributed by atoms with Gasteiger partial charge in [-0.15, -0.1) is 0 Å². The Morgan fingerprint density at radius 1 is 1.00 bits per heavy atom. The SMILES string of the molecule is CC(C)S(=O)(=O)c1ccccc1Nc1nc(Nc2ccc(N3CCN(C(=O)OC(C)(C)C)CC3)cc2)ncc1Cl. The molecule has 0 bridgehead atoms. The van der Waals surface area contributed by atoms with Gasteiger partial charge in [-0.05, 0) is 71.0 Å². The van der Waals surface area contributed by atoms with Crippen molar-refractivity contribution in [1.82, 2.24) is 14.9 Å². The Bertz CT molecular complexity index is 1450. The molecular formula is C28H35ClN6O4S. The molecule has 10 nitrogen and oxygen atoms in total. The molecule has 2 heterocycles. The van der Waals surface area contributed by atoms with Gasteiger partial charge in [-0.3, -0.25) is 0 Å². The Hall–Kier alpha value is -3.57. The highest BCUT2D eigenvalue weighted by Crippen LogP contribution is 2.31. The zero-order valence-electron chi connectivity index (χ0n) is 23.3. The summed E-state index contributed by atoms with van der Waals surface area (Å²) in [4.78, 5) is 25.2. The van der Waals surface area contributed by atoms with Crippen LogP contribution in [0.25, 0.3) is 0 Å². The Labute approximate surface area is 240 Å². The van der Waals surface area contributed by atoms with E-state index in [4.69, 9.17) is 16.3 Å². The second kappa shape index (κ2) is 11.9. The quantitative estimate of drug-likeness (QED) is 0.351. The van der Waals surface area contributed by atoms with Crippen molar-refractivity contribution in [3.8, 4) is 0 Å². The standard InChI is InChI=1S/C28H35ClN6O4S/c1-19(2)40(37,38)24-9-7-6-8-23(24)32-25-22(29)18-30-26(33-25)31-20-10-12-21(13-11-20)34-14-16-35(17-15-34)27(36)39-28(3,4)5/h6-13,18-19H,14-17H2,1-5H3,(H2,30,31,32,33). The molecule has 0 radical (unpaired) electrons. The molecule has 1 aromatic heterocycles. The van der Waals surface area contributed by atoms with E-state index in [1.807, 2.05) is 45.0 Å². The van der Waals surface area contributed by atoms with Gasteiger partial charge in [0.1, 0.15) is 10.6 Å². The number of rotatable bonds is 7. The van der Waals surface area contributed by atoms with Gasteiger partial charge in [0.25, 0.3) is 0 Å². The first kappa shape index (κ1) is 29.4. The molecule has 12 heteroatoms. The molecule has 214 valence electrons. The van der Waals surface area contributed by atoms with Gasteiger partial charge in [0.2, 0.25) is 5.95 Å². The molecule has 4 rings (SSSR count). The molecular weight excluding hydrogens is 552 g/mol. The van der Waals surface area contributed by atoms with Crippen molar-refractivity contribution in [2.45, 2.75) is 50.4 Å². The topological polar surface area (TPSA) is 117 Å². The average molecular weight is 587 g/mol. The lowest BCUT2D eigenvalue weighted by molar-refractivity contribution is 0.0240. The van der Waals surface area contributed by atoms with Crippen LogP contribution in [0.1, 0.15) is 34.6 Å². The average Bonchev–Trinajstić information content (AvgIpc) is 2.90. The van der Waals surface area contributed by atoms with E-state index in [0.717, 1.165) is 11.4 Å². The van der Waals surface area contributed by atoms with Gasteiger partial charge in [0, 0.05) is 37.6 Å². The molecule has 1 saturated heterocycles. The third-order valence-electron chi connectivity index (χ3n) is 6.23. The fourth-order valence-corrected chi connectivity index (χ4v) is 5.41. The lowest BCUT2D eigenvalue weighted by Crippen LogP contribution is -2.50. The first-order valence-corrected chi connectivity index (χ1v) is 15.0. The number of para-hydroxylation sites is 1. The van der Waals surface area contributed by atoms with Gasteiger partial charge in [-0.1, -0.05) is 23.7 Å². The van der Waals surface area contributed by atoms with Gasteiger partial charge in [0.05, 0.1) is 22.0 Å². The van der Waals surface area contributed by atoms with Crippen molar-refractivity contribution in [2.24, 2.45) is 0 Å². The van der Waals surface area contributed by atoms with Crippen LogP contribution in [0.5, 0.6) is 0 Å². The predicted octanol–water partition coefficient (Wildman–Crippen LogP) is 5.86. The highest BCUT2D eigenvalue weighted by Gasteiger charge is 2.26. The third-order valence-corrected chi connectivity index (χ3v) is 8.72. The Morgan fingerprint density at radius 3 is 2.27 bits per heavy atom. The summed E-state index contributed by atoms with van der Waals surface area (Å²) in [6, 6.07) is 14.5. The van der Waals surface area contributed by atoms with Crippen LogP contribution >= 0.6 is 11.6 Å². The first-order chi connectivity index (χ1) is 18.8. The first-order valence-electron chi connectivity index (χ1n) is 13.1. The molecule has 3 aromatic rings. The minimum atomic E-state index is -3.52. The molecule has 0 saturated carbocycles. The number of carbonyl (C=O) groups excluding carboxylic acids is 1. The van der Waals surface area contributed by atoms with E-state index in [-0.39, 0.29) is 21.8 Å². The molecule has 2 aromatic carbocycles. The number of nitrogens with one attached hydrogen (secondary N) is 2. The molecule has 1 amide bonds. The maximum atomic E-state index is 12.8. The van der Waals surface area contributed by atoms with Crippen LogP contribution in [-0.4, -0.2) is 66.4 Å². The normalized spacial score (nSPS) is 14.3. The Morgan fingerprint density at radius 2 is 1.65 bits per heavy atom. The maximum Gasteiger partial charge on any atom is 0.410 e. The summed E-state index contributed by atoms with van der Waals surface area (Å²) in [6.07, 6.45) is 1.17. The number of anilines is 5. The van der Waals surface area contributed by atoms with E-state index in [1.54, 1.807) is 43.0 Å². The maximum absolute atomic E-state index is 12.8. The number of carbonyl (C=O) groups is 1. The van der Waals surface area contributed by atoms with Gasteiger partial charge in [-0.2, -0.15) is 4.98 Å². The summed E-state index contributed by atoms with van der Waals surface area (Å²) >= 11 is 6.34. The van der Waals surface area contributed by atoms with Gasteiger partial charge in [0.15, 0.2) is 15.7 Å². The number of nitrogens with zero attached hydrogens (tertiary/aromatic N) is 4. The van der Waals surface area contributed by atoms with Gasteiger partial charge < -0.3 is 25.2 Å². The summed E-state index contributed by atoms with van der Waals surface area (Å²) in [5.41, 5.74) is 1.68. The molecule has 2 N–H and O–H groups in total. The predicted molar refractivity (Wildman–Crippen MR) is 159 cm³/mol. The van der Waals surface area contributed by atoms with Crippen LogP contribution < -0.4 is 15.5 Å². The van der Waals surface area contributed by atoms with Crippen molar-refractivity contribution < 1.29 is 17.9 Å². The smallest absolute Gasteiger partial charge is 0.410 e. The highest BCUT2D eigenvalue weighted by molar-refractivity contribution is 7.92. The number of benzene rings is 2. The fraction of sp³-hybridized carbons (Fsp3) is 0.393. The Kier molecular flexibility index (Phi) is 8.74. The van der Waals surface area contributed by atoms with Gasteiger partial charge in [-0.25, -0.2) is 18.2 Å². The monoisotopic (exact) mass is 586 g/mol. The summed E-state index contributed by atoms with van der Waals surface area (Å²) in [5.74, 6) is 0.583. The van der Waals surface area contributed by atoms with Crippen LogP contribution in [0.15, 0.2) is 59.6 Å². The lowest BCUT2D eigenvalue weighted by atomic mass is 10.2. The zero-order chi connectivity index (χ0) is 29.1. The summed E-state index contributed by atoms with van der Waals surface area (Å²) in [7, 11) is -3.52. The molecule has 40 heavy (non-hydrogen) atoms. The molecule has 0 spiro atoms. The number of hydrogen-bond donors (Lipinski definition) is 2. The minimum absolute atomic E-state index is 0.178. The zero-order valence-corrected chi connectivity index (χ0v) is 24.9. The van der Waals surface area contributed by atoms with Crippen LogP contribution in [-0.2, 0) is 14.6 Å². The summed E-state index contributed by atoms with van der Waals surface area (Å²) in [5, 5.41) is 5.90. The van der Waals surface area contributed by atoms with E-state index in [1.165, 1.54) is 6.20 Å². The molecule has 0 atom stereocenters.